The average molecular weight is 1110 g/mol. The Bertz CT molecular complexity index is 1320. The second kappa shape index (κ2) is 68.1. The standard InChI is InChI=1S/C73H136O6/c1-4-7-10-13-16-19-22-25-28-30-32-34-36-38-40-42-45-48-51-54-57-60-63-66-72(75)78-69-70(68-77-71(74)65-62-59-56-53-50-47-44-27-24-21-18-15-12-9-6-3)79-73(76)67-64-61-58-55-52-49-46-43-41-39-37-35-33-31-29-26-23-20-17-14-11-8-5-2/h22,25,30,32,36,38,70H,4-21,23-24,26-29,31,33-35,37,39-69H2,1-3H3/b25-22-,32-30-,38-36-. The third kappa shape index (κ3) is 66.3. The normalized spacial score (nSPS) is 12.2. The van der Waals surface area contributed by atoms with Gasteiger partial charge in [0, 0.05) is 19.3 Å². The van der Waals surface area contributed by atoms with E-state index in [1.165, 1.54) is 276 Å². The van der Waals surface area contributed by atoms with Gasteiger partial charge < -0.3 is 14.2 Å². The van der Waals surface area contributed by atoms with Gasteiger partial charge in [-0.25, -0.2) is 0 Å². The molecule has 0 aromatic rings. The number of carbonyl (C=O) groups is 3. The topological polar surface area (TPSA) is 78.9 Å². The van der Waals surface area contributed by atoms with Crippen molar-refractivity contribution in [3.63, 3.8) is 0 Å². The molecule has 0 aliphatic rings. The summed E-state index contributed by atoms with van der Waals surface area (Å²) in [4.78, 5) is 38.5. The second-order valence-electron chi connectivity index (χ2n) is 24.2. The molecule has 0 aromatic heterocycles. The molecule has 1 atom stereocenters. The zero-order chi connectivity index (χ0) is 57.1. The molecule has 0 spiro atoms. The van der Waals surface area contributed by atoms with E-state index in [9.17, 15) is 14.4 Å². The summed E-state index contributed by atoms with van der Waals surface area (Å²) < 4.78 is 17.0. The maximum Gasteiger partial charge on any atom is 0.306 e. The largest absolute Gasteiger partial charge is 0.462 e. The predicted molar refractivity (Wildman–Crippen MR) is 344 cm³/mol. The second-order valence-corrected chi connectivity index (χ2v) is 24.2. The zero-order valence-corrected chi connectivity index (χ0v) is 53.4. The van der Waals surface area contributed by atoms with Gasteiger partial charge in [-0.05, 0) is 57.8 Å². The first-order valence-electron chi connectivity index (χ1n) is 35.5. The molecule has 464 valence electrons. The SMILES string of the molecule is CCCCCCC/C=C\C/C=C\C/C=C\CCCCCCCCCCC(=O)OCC(COC(=O)CCCCCCCCCCCCCCCCC)OC(=O)CCCCCCCCCCCCCCCCCCCCCCCCC. The van der Waals surface area contributed by atoms with Gasteiger partial charge in [0.1, 0.15) is 13.2 Å². The molecule has 0 aliphatic carbocycles. The van der Waals surface area contributed by atoms with E-state index < -0.39 is 6.10 Å². The highest BCUT2D eigenvalue weighted by molar-refractivity contribution is 5.71. The highest BCUT2D eigenvalue weighted by Crippen LogP contribution is 2.19. The smallest absolute Gasteiger partial charge is 0.306 e. The van der Waals surface area contributed by atoms with Gasteiger partial charge in [0.25, 0.3) is 0 Å². The maximum absolute atomic E-state index is 13.0. The molecule has 6 heteroatoms. The molecule has 0 amide bonds. The van der Waals surface area contributed by atoms with Crippen LogP contribution in [0.1, 0.15) is 393 Å². The van der Waals surface area contributed by atoms with E-state index in [-0.39, 0.29) is 31.1 Å². The van der Waals surface area contributed by atoms with Crippen LogP contribution < -0.4 is 0 Å². The van der Waals surface area contributed by atoms with E-state index in [0.29, 0.717) is 19.3 Å². The Kier molecular flexibility index (Phi) is 66.1. The van der Waals surface area contributed by atoms with E-state index in [1.54, 1.807) is 0 Å². The first kappa shape index (κ1) is 76.6. The van der Waals surface area contributed by atoms with Gasteiger partial charge in [-0.3, -0.25) is 14.4 Å². The van der Waals surface area contributed by atoms with Crippen LogP contribution in [0, 0.1) is 0 Å². The molecule has 0 radical (unpaired) electrons. The van der Waals surface area contributed by atoms with Gasteiger partial charge in [0.15, 0.2) is 6.10 Å². The molecule has 0 heterocycles. The van der Waals surface area contributed by atoms with E-state index in [1.807, 2.05) is 0 Å². The molecular weight excluding hydrogens is 973 g/mol. The van der Waals surface area contributed by atoms with Crippen molar-refractivity contribution in [3.8, 4) is 0 Å². The van der Waals surface area contributed by atoms with Gasteiger partial charge in [-0.2, -0.15) is 0 Å². The van der Waals surface area contributed by atoms with Crippen molar-refractivity contribution in [2.24, 2.45) is 0 Å². The molecule has 0 saturated heterocycles. The van der Waals surface area contributed by atoms with Crippen molar-refractivity contribution in [2.75, 3.05) is 13.2 Å². The van der Waals surface area contributed by atoms with Crippen molar-refractivity contribution in [3.05, 3.63) is 36.5 Å². The van der Waals surface area contributed by atoms with Gasteiger partial charge >= 0.3 is 17.9 Å². The number of esters is 3. The summed E-state index contributed by atoms with van der Waals surface area (Å²) in [6, 6.07) is 0. The number of hydrogen-bond donors (Lipinski definition) is 0. The summed E-state index contributed by atoms with van der Waals surface area (Å²) in [5, 5.41) is 0. The van der Waals surface area contributed by atoms with Crippen LogP contribution in [0.5, 0.6) is 0 Å². The Morgan fingerprint density at radius 1 is 0.253 bits per heavy atom. The first-order valence-corrected chi connectivity index (χ1v) is 35.5. The Labute approximate surface area is 493 Å². The van der Waals surface area contributed by atoms with Crippen molar-refractivity contribution < 1.29 is 28.6 Å². The minimum atomic E-state index is -0.773. The molecular formula is C73H136O6. The molecule has 79 heavy (non-hydrogen) atoms. The lowest BCUT2D eigenvalue weighted by Gasteiger charge is -2.18. The van der Waals surface area contributed by atoms with Crippen LogP contribution in [0.4, 0.5) is 0 Å². The lowest BCUT2D eigenvalue weighted by atomic mass is 10.0. The van der Waals surface area contributed by atoms with E-state index in [2.05, 4.69) is 57.2 Å². The predicted octanol–water partition coefficient (Wildman–Crippen LogP) is 24.3. The Balaban J connectivity index is 4.29. The summed E-state index contributed by atoms with van der Waals surface area (Å²) in [7, 11) is 0. The van der Waals surface area contributed by atoms with Crippen LogP contribution in [0.25, 0.3) is 0 Å². The molecule has 0 aromatic carbocycles. The zero-order valence-electron chi connectivity index (χ0n) is 53.4. The number of hydrogen-bond acceptors (Lipinski definition) is 6. The van der Waals surface area contributed by atoms with Crippen LogP contribution in [0.3, 0.4) is 0 Å². The molecule has 0 N–H and O–H groups in total. The number of rotatable bonds is 66. The van der Waals surface area contributed by atoms with Crippen molar-refractivity contribution in [1.29, 1.82) is 0 Å². The molecule has 0 bridgehead atoms. The lowest BCUT2D eigenvalue weighted by molar-refractivity contribution is -0.167. The van der Waals surface area contributed by atoms with Gasteiger partial charge in [-0.15, -0.1) is 0 Å². The fraction of sp³-hybridized carbons (Fsp3) is 0.877. The number of unbranched alkanes of at least 4 members (excludes halogenated alkanes) is 49. The van der Waals surface area contributed by atoms with Crippen LogP contribution in [-0.4, -0.2) is 37.2 Å². The van der Waals surface area contributed by atoms with E-state index >= 15 is 0 Å². The van der Waals surface area contributed by atoms with Crippen molar-refractivity contribution in [2.45, 2.75) is 399 Å². The fourth-order valence-corrected chi connectivity index (χ4v) is 10.8. The monoisotopic (exact) mass is 1110 g/mol. The van der Waals surface area contributed by atoms with Crippen molar-refractivity contribution in [1.82, 2.24) is 0 Å². The van der Waals surface area contributed by atoms with Crippen LogP contribution in [0.15, 0.2) is 36.5 Å². The van der Waals surface area contributed by atoms with E-state index in [4.69, 9.17) is 14.2 Å². The van der Waals surface area contributed by atoms with Gasteiger partial charge in [0.2, 0.25) is 0 Å². The van der Waals surface area contributed by atoms with Crippen LogP contribution >= 0.6 is 0 Å². The summed E-state index contributed by atoms with van der Waals surface area (Å²) in [6.07, 6.45) is 84.5. The summed E-state index contributed by atoms with van der Waals surface area (Å²) in [5.74, 6) is -0.844. The number of carbonyl (C=O) groups excluding carboxylic acids is 3. The third-order valence-corrected chi connectivity index (χ3v) is 16.1. The van der Waals surface area contributed by atoms with Crippen molar-refractivity contribution >= 4 is 17.9 Å². The molecule has 0 fully saturated rings. The lowest BCUT2D eigenvalue weighted by Crippen LogP contribution is -2.30. The van der Waals surface area contributed by atoms with Crippen LogP contribution in [-0.2, 0) is 28.6 Å². The van der Waals surface area contributed by atoms with Gasteiger partial charge in [0.05, 0.1) is 0 Å². The Morgan fingerprint density at radius 2 is 0.456 bits per heavy atom. The fourth-order valence-electron chi connectivity index (χ4n) is 10.8. The minimum absolute atomic E-state index is 0.0684. The summed E-state index contributed by atoms with van der Waals surface area (Å²) in [6.45, 7) is 6.70. The summed E-state index contributed by atoms with van der Waals surface area (Å²) >= 11 is 0. The maximum atomic E-state index is 13.0. The Hall–Kier alpha value is -2.37. The van der Waals surface area contributed by atoms with Crippen LogP contribution in [0.2, 0.25) is 0 Å². The molecule has 1 unspecified atom stereocenters. The summed E-state index contributed by atoms with van der Waals surface area (Å²) in [5.41, 5.74) is 0. The van der Waals surface area contributed by atoms with Gasteiger partial charge in [-0.1, -0.05) is 353 Å². The quantitative estimate of drug-likeness (QED) is 0.0261. The number of allylic oxidation sites excluding steroid dienone is 6. The molecule has 6 nitrogen and oxygen atoms in total. The minimum Gasteiger partial charge on any atom is -0.462 e. The first-order chi connectivity index (χ1) is 39.0. The molecule has 0 aliphatic heterocycles. The molecule has 0 saturated carbocycles. The third-order valence-electron chi connectivity index (χ3n) is 16.1. The average Bonchev–Trinajstić information content (AvgIpc) is 3.45. The van der Waals surface area contributed by atoms with E-state index in [0.717, 1.165) is 77.0 Å². The highest BCUT2D eigenvalue weighted by Gasteiger charge is 2.19. The highest BCUT2D eigenvalue weighted by atomic mass is 16.6. The number of ether oxygens (including phenoxy) is 3. The molecule has 0 rings (SSSR count). The Morgan fingerprint density at radius 3 is 0.709 bits per heavy atom.